The maximum atomic E-state index is 13.6. The molecule has 0 fully saturated rings. The minimum absolute atomic E-state index is 0.0463. The van der Waals surface area contributed by atoms with E-state index in [1.54, 1.807) is 24.3 Å². The molecule has 0 heterocycles. The molecule has 0 atom stereocenters. The largest absolute Gasteiger partial charge is 0.496 e. The zero-order valence-corrected chi connectivity index (χ0v) is 14.0. The molecule has 0 unspecified atom stereocenters. The minimum Gasteiger partial charge on any atom is -0.496 e. The lowest BCUT2D eigenvalue weighted by Crippen LogP contribution is -2.20. The second-order valence-corrected chi connectivity index (χ2v) is 5.29. The number of esters is 1. The van der Waals surface area contributed by atoms with E-state index in [2.05, 4.69) is 5.32 Å². The van der Waals surface area contributed by atoms with Crippen LogP contribution in [-0.4, -0.2) is 25.6 Å². The van der Waals surface area contributed by atoms with Crippen LogP contribution < -0.4 is 10.1 Å². The zero-order valence-electron chi connectivity index (χ0n) is 13.3. The Labute approximate surface area is 149 Å². The number of benzene rings is 2. The van der Waals surface area contributed by atoms with Gasteiger partial charge in [0.05, 0.1) is 12.8 Å². The van der Waals surface area contributed by atoms with E-state index in [9.17, 15) is 14.0 Å². The van der Waals surface area contributed by atoms with Crippen molar-refractivity contribution in [3.8, 4) is 5.75 Å². The number of methoxy groups -OCH3 is 1. The first kappa shape index (κ1) is 18.5. The van der Waals surface area contributed by atoms with Gasteiger partial charge in [-0.1, -0.05) is 29.8 Å². The summed E-state index contributed by atoms with van der Waals surface area (Å²) in [6.45, 7) is -0.544. The first-order chi connectivity index (χ1) is 12.0. The molecule has 1 N–H and O–H groups in total. The third kappa shape index (κ3) is 5.61. The molecular formula is C18H15ClFNO4. The van der Waals surface area contributed by atoms with Crippen LogP contribution in [0.25, 0.3) is 6.08 Å². The van der Waals surface area contributed by atoms with Gasteiger partial charge in [0.25, 0.3) is 5.91 Å². The lowest BCUT2D eigenvalue weighted by molar-refractivity contribution is -0.142. The van der Waals surface area contributed by atoms with Crippen LogP contribution in [0.15, 0.2) is 48.5 Å². The fourth-order valence-electron chi connectivity index (χ4n) is 1.92. The topological polar surface area (TPSA) is 64.6 Å². The molecule has 0 aromatic heterocycles. The highest BCUT2D eigenvalue weighted by atomic mass is 35.5. The van der Waals surface area contributed by atoms with Crippen molar-refractivity contribution in [1.82, 2.24) is 0 Å². The third-order valence-corrected chi connectivity index (χ3v) is 3.32. The third-order valence-electron chi connectivity index (χ3n) is 3.09. The standard InChI is InChI=1S/C18H15ClFNO4/c1-24-16-5-3-2-4-12(16)6-9-18(23)25-11-17(22)21-15-8-7-13(19)10-14(15)20/h2-10H,11H2,1H3,(H,21,22)/b9-6+. The molecule has 0 spiro atoms. The number of hydrogen-bond acceptors (Lipinski definition) is 4. The van der Waals surface area contributed by atoms with Crippen molar-refractivity contribution in [2.24, 2.45) is 0 Å². The molecule has 0 aliphatic heterocycles. The van der Waals surface area contributed by atoms with Crippen molar-refractivity contribution in [2.75, 3.05) is 19.0 Å². The first-order valence-electron chi connectivity index (χ1n) is 7.22. The van der Waals surface area contributed by atoms with Crippen LogP contribution >= 0.6 is 11.6 Å². The van der Waals surface area contributed by atoms with E-state index < -0.39 is 24.3 Å². The monoisotopic (exact) mass is 363 g/mol. The molecule has 0 aliphatic rings. The second kappa shape index (κ2) is 8.84. The Bertz CT molecular complexity index is 807. The van der Waals surface area contributed by atoms with Gasteiger partial charge in [-0.15, -0.1) is 0 Å². The van der Waals surface area contributed by atoms with Gasteiger partial charge in [0.15, 0.2) is 6.61 Å². The van der Waals surface area contributed by atoms with E-state index in [1.165, 1.54) is 31.4 Å². The Balaban J connectivity index is 1.87. The summed E-state index contributed by atoms with van der Waals surface area (Å²) < 4.78 is 23.5. The lowest BCUT2D eigenvalue weighted by atomic mass is 10.2. The van der Waals surface area contributed by atoms with Crippen molar-refractivity contribution >= 4 is 35.2 Å². The number of anilines is 1. The van der Waals surface area contributed by atoms with Crippen LogP contribution in [0.1, 0.15) is 5.56 Å². The fraction of sp³-hybridized carbons (Fsp3) is 0.111. The molecule has 0 radical (unpaired) electrons. The smallest absolute Gasteiger partial charge is 0.331 e. The predicted octanol–water partition coefficient (Wildman–Crippen LogP) is 3.68. The van der Waals surface area contributed by atoms with Gasteiger partial charge in [-0.05, 0) is 30.3 Å². The van der Waals surface area contributed by atoms with Crippen LogP contribution in [-0.2, 0) is 14.3 Å². The van der Waals surface area contributed by atoms with Gasteiger partial charge in [0.1, 0.15) is 11.6 Å². The van der Waals surface area contributed by atoms with Gasteiger partial charge < -0.3 is 14.8 Å². The highest BCUT2D eigenvalue weighted by Crippen LogP contribution is 2.19. The summed E-state index contributed by atoms with van der Waals surface area (Å²) in [6, 6.07) is 10.9. The Kier molecular flexibility index (Phi) is 6.54. The molecule has 5 nitrogen and oxygen atoms in total. The molecule has 2 rings (SSSR count). The summed E-state index contributed by atoms with van der Waals surface area (Å²) in [5.41, 5.74) is 0.643. The molecule has 25 heavy (non-hydrogen) atoms. The van der Waals surface area contributed by atoms with Crippen LogP contribution in [0.4, 0.5) is 10.1 Å². The number of carbonyl (C=O) groups excluding carboxylic acids is 2. The van der Waals surface area contributed by atoms with E-state index in [-0.39, 0.29) is 10.7 Å². The molecule has 0 saturated heterocycles. The number of halogens is 2. The van der Waals surface area contributed by atoms with E-state index in [0.29, 0.717) is 11.3 Å². The lowest BCUT2D eigenvalue weighted by Gasteiger charge is -2.07. The highest BCUT2D eigenvalue weighted by Gasteiger charge is 2.09. The van der Waals surface area contributed by atoms with Gasteiger partial charge in [-0.3, -0.25) is 4.79 Å². The number of rotatable bonds is 6. The Morgan fingerprint density at radius 2 is 2.00 bits per heavy atom. The molecule has 130 valence electrons. The molecule has 0 saturated carbocycles. The van der Waals surface area contributed by atoms with Crippen molar-refractivity contribution < 1.29 is 23.5 Å². The number of carbonyl (C=O) groups is 2. The average molecular weight is 364 g/mol. The Morgan fingerprint density at radius 3 is 2.72 bits per heavy atom. The molecule has 2 aromatic rings. The fourth-order valence-corrected chi connectivity index (χ4v) is 2.08. The molecule has 1 amide bonds. The van der Waals surface area contributed by atoms with E-state index in [1.807, 2.05) is 0 Å². The van der Waals surface area contributed by atoms with Crippen LogP contribution in [0.3, 0.4) is 0 Å². The molecule has 2 aromatic carbocycles. The van der Waals surface area contributed by atoms with Crippen LogP contribution in [0.2, 0.25) is 5.02 Å². The van der Waals surface area contributed by atoms with Crippen molar-refractivity contribution in [3.63, 3.8) is 0 Å². The number of ether oxygens (including phenoxy) is 2. The highest BCUT2D eigenvalue weighted by molar-refractivity contribution is 6.30. The van der Waals surface area contributed by atoms with Gasteiger partial charge in [-0.2, -0.15) is 0 Å². The Hall–Kier alpha value is -2.86. The summed E-state index contributed by atoms with van der Waals surface area (Å²) in [4.78, 5) is 23.4. The quantitative estimate of drug-likeness (QED) is 0.628. The maximum Gasteiger partial charge on any atom is 0.331 e. The molecule has 0 aliphatic carbocycles. The molecular weight excluding hydrogens is 349 g/mol. The predicted molar refractivity (Wildman–Crippen MR) is 93.0 cm³/mol. The van der Waals surface area contributed by atoms with Gasteiger partial charge >= 0.3 is 5.97 Å². The van der Waals surface area contributed by atoms with Crippen LogP contribution in [0.5, 0.6) is 5.75 Å². The minimum atomic E-state index is -0.711. The van der Waals surface area contributed by atoms with Crippen molar-refractivity contribution in [3.05, 3.63) is 64.9 Å². The normalized spacial score (nSPS) is 10.5. The number of nitrogens with one attached hydrogen (secondary N) is 1. The summed E-state index contributed by atoms with van der Waals surface area (Å²) in [6.07, 6.45) is 2.69. The zero-order chi connectivity index (χ0) is 18.2. The van der Waals surface area contributed by atoms with E-state index in [4.69, 9.17) is 21.1 Å². The number of para-hydroxylation sites is 1. The first-order valence-corrected chi connectivity index (χ1v) is 7.60. The molecule has 7 heteroatoms. The van der Waals surface area contributed by atoms with Gasteiger partial charge in [-0.25, -0.2) is 9.18 Å². The van der Waals surface area contributed by atoms with Crippen LogP contribution in [0, 0.1) is 5.82 Å². The number of hydrogen-bond donors (Lipinski definition) is 1. The average Bonchev–Trinajstić information content (AvgIpc) is 2.60. The van der Waals surface area contributed by atoms with E-state index >= 15 is 0 Å². The SMILES string of the molecule is COc1ccccc1/C=C/C(=O)OCC(=O)Nc1ccc(Cl)cc1F. The Morgan fingerprint density at radius 1 is 1.24 bits per heavy atom. The molecule has 0 bridgehead atoms. The van der Waals surface area contributed by atoms with Gasteiger partial charge in [0, 0.05) is 16.7 Å². The van der Waals surface area contributed by atoms with Crippen molar-refractivity contribution in [1.29, 1.82) is 0 Å². The van der Waals surface area contributed by atoms with Gasteiger partial charge in [0.2, 0.25) is 0 Å². The van der Waals surface area contributed by atoms with Crippen molar-refractivity contribution in [2.45, 2.75) is 0 Å². The van der Waals surface area contributed by atoms with E-state index in [0.717, 1.165) is 6.07 Å². The summed E-state index contributed by atoms with van der Waals surface area (Å²) >= 11 is 5.62. The summed E-state index contributed by atoms with van der Waals surface area (Å²) in [5, 5.41) is 2.50. The maximum absolute atomic E-state index is 13.6. The number of amides is 1. The second-order valence-electron chi connectivity index (χ2n) is 4.86. The summed E-state index contributed by atoms with van der Waals surface area (Å²) in [5.74, 6) is -1.45. The summed E-state index contributed by atoms with van der Waals surface area (Å²) in [7, 11) is 1.52.